The number of esters is 1. The first-order chi connectivity index (χ1) is 5.72. The van der Waals surface area contributed by atoms with Gasteiger partial charge >= 0.3 is 5.97 Å². The zero-order chi connectivity index (χ0) is 8.97. The van der Waals surface area contributed by atoms with Crippen molar-refractivity contribution in [1.82, 2.24) is 0 Å². The Labute approximate surface area is 101 Å². The van der Waals surface area contributed by atoms with E-state index in [0.29, 0.717) is 12.2 Å². The fourth-order valence-corrected chi connectivity index (χ4v) is 0.810. The number of rotatable bonds is 2. The minimum atomic E-state index is -0.196. The molecule has 1 aromatic rings. The van der Waals surface area contributed by atoms with Gasteiger partial charge in [-0.3, -0.25) is 4.79 Å². The number of hydrogen-bond donors (Lipinski definition) is 0. The predicted molar refractivity (Wildman–Crippen MR) is 52.9 cm³/mol. The van der Waals surface area contributed by atoms with E-state index in [1.54, 1.807) is 19.1 Å². The van der Waals surface area contributed by atoms with E-state index in [1.807, 2.05) is 19.1 Å². The van der Waals surface area contributed by atoms with Crippen molar-refractivity contribution in [3.8, 4) is 5.75 Å². The van der Waals surface area contributed by atoms with Gasteiger partial charge in [-0.1, -0.05) is 24.6 Å². The summed E-state index contributed by atoms with van der Waals surface area (Å²) in [6, 6.07) is 7.42. The Balaban J connectivity index is 0.00000144. The molecule has 0 saturated carbocycles. The molecule has 0 aliphatic heterocycles. The van der Waals surface area contributed by atoms with Crippen LogP contribution < -0.4 is 4.74 Å². The molecule has 0 N–H and O–H groups in total. The number of carbonyl (C=O) groups excluding carboxylic acids is 1. The maximum absolute atomic E-state index is 10.8. The average Bonchev–Trinajstić information content (AvgIpc) is 2.09. The van der Waals surface area contributed by atoms with E-state index in [0.717, 1.165) is 5.56 Å². The Morgan fingerprint density at radius 3 is 2.31 bits per heavy atom. The molecule has 0 bridgehead atoms. The summed E-state index contributed by atoms with van der Waals surface area (Å²) in [4.78, 5) is 10.8. The number of ether oxygens (including phenoxy) is 1. The SMILES string of the molecule is CCC(=O)Oc1ccc(C)cc1.[Na]. The second-order valence-electron chi connectivity index (χ2n) is 2.64. The van der Waals surface area contributed by atoms with Crippen LogP contribution in [0.2, 0.25) is 0 Å². The third-order valence-electron chi connectivity index (χ3n) is 1.54. The fourth-order valence-electron chi connectivity index (χ4n) is 0.810. The van der Waals surface area contributed by atoms with Gasteiger partial charge in [0.1, 0.15) is 5.75 Å². The van der Waals surface area contributed by atoms with E-state index in [4.69, 9.17) is 4.74 Å². The largest absolute Gasteiger partial charge is 0.427 e. The van der Waals surface area contributed by atoms with Gasteiger partial charge in [0.05, 0.1) is 0 Å². The van der Waals surface area contributed by atoms with Gasteiger partial charge in [-0.2, -0.15) is 0 Å². The molecule has 2 nitrogen and oxygen atoms in total. The molecule has 0 aliphatic carbocycles. The van der Waals surface area contributed by atoms with Crippen molar-refractivity contribution >= 4 is 35.5 Å². The molecule has 0 heterocycles. The summed E-state index contributed by atoms with van der Waals surface area (Å²) in [7, 11) is 0. The molecule has 1 rings (SSSR count). The van der Waals surface area contributed by atoms with Gasteiger partial charge in [0.2, 0.25) is 0 Å². The quantitative estimate of drug-likeness (QED) is 0.401. The molecule has 0 fully saturated rings. The van der Waals surface area contributed by atoms with Crippen LogP contribution in [0.3, 0.4) is 0 Å². The standard InChI is InChI=1S/C10H12O2.Na/c1-3-10(11)12-9-6-4-8(2)5-7-9;/h4-7H,3H2,1-2H3;. The second-order valence-corrected chi connectivity index (χ2v) is 2.64. The summed E-state index contributed by atoms with van der Waals surface area (Å²) in [5.74, 6) is 0.423. The third-order valence-corrected chi connectivity index (χ3v) is 1.54. The Bertz CT molecular complexity index is 267. The summed E-state index contributed by atoms with van der Waals surface area (Å²) in [5, 5.41) is 0. The van der Waals surface area contributed by atoms with Crippen LogP contribution in [0.15, 0.2) is 24.3 Å². The molecule has 13 heavy (non-hydrogen) atoms. The van der Waals surface area contributed by atoms with Crippen LogP contribution in [-0.2, 0) is 4.79 Å². The topological polar surface area (TPSA) is 26.3 Å². The molecule has 0 saturated heterocycles. The van der Waals surface area contributed by atoms with Crippen LogP contribution in [-0.4, -0.2) is 35.5 Å². The van der Waals surface area contributed by atoms with Crippen molar-refractivity contribution in [2.24, 2.45) is 0 Å². The van der Waals surface area contributed by atoms with Gasteiger partial charge in [-0.05, 0) is 19.1 Å². The van der Waals surface area contributed by atoms with E-state index < -0.39 is 0 Å². The van der Waals surface area contributed by atoms with E-state index in [-0.39, 0.29) is 35.5 Å². The molecule has 0 amide bonds. The molecule has 65 valence electrons. The van der Waals surface area contributed by atoms with Gasteiger partial charge in [-0.25, -0.2) is 0 Å². The van der Waals surface area contributed by atoms with Crippen LogP contribution in [0.4, 0.5) is 0 Å². The molecule has 1 aromatic carbocycles. The maximum Gasteiger partial charge on any atom is 0.310 e. The summed E-state index contributed by atoms with van der Waals surface area (Å²) in [6.07, 6.45) is 0.411. The van der Waals surface area contributed by atoms with Crippen LogP contribution in [0.25, 0.3) is 0 Å². The molecular formula is C10H12NaO2. The molecule has 1 radical (unpaired) electrons. The van der Waals surface area contributed by atoms with E-state index >= 15 is 0 Å². The fraction of sp³-hybridized carbons (Fsp3) is 0.300. The Morgan fingerprint density at radius 2 is 1.85 bits per heavy atom. The van der Waals surface area contributed by atoms with Crippen molar-refractivity contribution in [3.63, 3.8) is 0 Å². The van der Waals surface area contributed by atoms with E-state index in [1.165, 1.54) is 0 Å². The van der Waals surface area contributed by atoms with Crippen molar-refractivity contribution in [3.05, 3.63) is 29.8 Å². The smallest absolute Gasteiger partial charge is 0.310 e. The average molecular weight is 187 g/mol. The van der Waals surface area contributed by atoms with Crippen LogP contribution in [0.5, 0.6) is 5.75 Å². The number of hydrogen-bond acceptors (Lipinski definition) is 2. The first-order valence-electron chi connectivity index (χ1n) is 3.99. The first-order valence-corrected chi connectivity index (χ1v) is 3.99. The van der Waals surface area contributed by atoms with Crippen molar-refractivity contribution in [2.45, 2.75) is 20.3 Å². The Kier molecular flexibility index (Phi) is 6.04. The Morgan fingerprint density at radius 1 is 1.31 bits per heavy atom. The molecule has 0 unspecified atom stereocenters. The summed E-state index contributed by atoms with van der Waals surface area (Å²) >= 11 is 0. The molecular weight excluding hydrogens is 175 g/mol. The van der Waals surface area contributed by atoms with Crippen LogP contribution in [0, 0.1) is 6.92 Å². The van der Waals surface area contributed by atoms with E-state index in [9.17, 15) is 4.79 Å². The van der Waals surface area contributed by atoms with Gasteiger partial charge in [-0.15, -0.1) is 0 Å². The molecule has 0 aliphatic rings. The number of carbonyl (C=O) groups is 1. The number of aryl methyl sites for hydroxylation is 1. The number of benzene rings is 1. The minimum absolute atomic E-state index is 0. The monoisotopic (exact) mass is 187 g/mol. The third kappa shape index (κ3) is 4.46. The second kappa shape index (κ2) is 6.19. The van der Waals surface area contributed by atoms with Crippen molar-refractivity contribution in [1.29, 1.82) is 0 Å². The minimum Gasteiger partial charge on any atom is -0.427 e. The van der Waals surface area contributed by atoms with Crippen LogP contribution >= 0.6 is 0 Å². The van der Waals surface area contributed by atoms with Crippen molar-refractivity contribution in [2.75, 3.05) is 0 Å². The van der Waals surface area contributed by atoms with Crippen molar-refractivity contribution < 1.29 is 9.53 Å². The zero-order valence-electron chi connectivity index (χ0n) is 8.33. The summed E-state index contributed by atoms with van der Waals surface area (Å²) in [6.45, 7) is 3.77. The predicted octanol–water partition coefficient (Wildman–Crippen LogP) is 1.93. The van der Waals surface area contributed by atoms with E-state index in [2.05, 4.69) is 0 Å². The van der Waals surface area contributed by atoms with Gasteiger partial charge in [0, 0.05) is 36.0 Å². The van der Waals surface area contributed by atoms with Gasteiger partial charge in [0.25, 0.3) is 0 Å². The zero-order valence-corrected chi connectivity index (χ0v) is 10.3. The normalized spacial score (nSPS) is 8.77. The Hall–Kier alpha value is -0.310. The molecule has 0 spiro atoms. The first kappa shape index (κ1) is 12.7. The molecule has 3 heteroatoms. The molecule has 0 aromatic heterocycles. The molecule has 0 atom stereocenters. The maximum atomic E-state index is 10.8. The van der Waals surface area contributed by atoms with Gasteiger partial charge < -0.3 is 4.74 Å². The summed E-state index contributed by atoms with van der Waals surface area (Å²) in [5.41, 5.74) is 1.16. The summed E-state index contributed by atoms with van der Waals surface area (Å²) < 4.78 is 4.98. The van der Waals surface area contributed by atoms with Gasteiger partial charge in [0.15, 0.2) is 0 Å². The van der Waals surface area contributed by atoms with Crippen LogP contribution in [0.1, 0.15) is 18.9 Å².